The van der Waals surface area contributed by atoms with Crippen LogP contribution in [0.1, 0.15) is 28.5 Å². The molecule has 2 aromatic carbocycles. The topological polar surface area (TPSA) is 101 Å². The molecule has 7 nitrogen and oxygen atoms in total. The van der Waals surface area contributed by atoms with Crippen molar-refractivity contribution in [3.05, 3.63) is 95.0 Å². The van der Waals surface area contributed by atoms with Crippen molar-refractivity contribution < 1.29 is 13.9 Å². The summed E-state index contributed by atoms with van der Waals surface area (Å²) in [5, 5.41) is 13.7. The van der Waals surface area contributed by atoms with Gasteiger partial charge in [0.15, 0.2) is 0 Å². The summed E-state index contributed by atoms with van der Waals surface area (Å²) >= 11 is 0. The second-order valence-corrected chi connectivity index (χ2v) is 9.88. The first kappa shape index (κ1) is 24.3. The number of halogens is 2. The van der Waals surface area contributed by atoms with Crippen LogP contribution in [0.5, 0.6) is 0 Å². The van der Waals surface area contributed by atoms with Gasteiger partial charge in [-0.2, -0.15) is 0 Å². The third kappa shape index (κ3) is 4.46. The SMILES string of the molecule is Cc1ccc2c(c1)C(C1C(F)=CC=CC1F)=[N+]=Cc1cnc(Nc3ccc(C(O)N4CC(N)C4)cc3)nc1-2. The minimum absolute atomic E-state index is 0.108. The Balaban J connectivity index is 1.31. The van der Waals surface area contributed by atoms with Crippen molar-refractivity contribution >= 4 is 23.6 Å². The number of allylic oxidation sites excluding steroid dienone is 4. The van der Waals surface area contributed by atoms with Crippen LogP contribution in [0.3, 0.4) is 0 Å². The Hall–Kier alpha value is -4.01. The molecule has 9 heteroatoms. The van der Waals surface area contributed by atoms with E-state index in [1.54, 1.807) is 12.4 Å². The highest BCUT2D eigenvalue weighted by molar-refractivity contribution is 6.12. The van der Waals surface area contributed by atoms with Gasteiger partial charge < -0.3 is 16.2 Å². The molecular formula is C29H27F2N6O+. The summed E-state index contributed by atoms with van der Waals surface area (Å²) in [6.07, 6.45) is 5.01. The maximum atomic E-state index is 14.9. The van der Waals surface area contributed by atoms with Crippen molar-refractivity contribution in [3.63, 3.8) is 0 Å². The predicted molar refractivity (Wildman–Crippen MR) is 145 cm³/mol. The van der Waals surface area contributed by atoms with Crippen molar-refractivity contribution in [3.8, 4) is 11.3 Å². The van der Waals surface area contributed by atoms with Crippen molar-refractivity contribution in [1.29, 1.82) is 0 Å². The highest BCUT2D eigenvalue weighted by Gasteiger charge is 2.41. The molecule has 38 heavy (non-hydrogen) atoms. The van der Waals surface area contributed by atoms with Crippen LogP contribution in [0, 0.1) is 12.8 Å². The number of aromatic nitrogens is 2. The summed E-state index contributed by atoms with van der Waals surface area (Å²) in [4.78, 5) is 11.1. The zero-order valence-electron chi connectivity index (χ0n) is 20.7. The van der Waals surface area contributed by atoms with Gasteiger partial charge in [-0.1, -0.05) is 40.6 Å². The van der Waals surface area contributed by atoms with Gasteiger partial charge in [0, 0.05) is 36.6 Å². The Morgan fingerprint density at radius 2 is 1.95 bits per heavy atom. The molecule has 0 radical (unpaired) electrons. The number of nitrogens with two attached hydrogens (primary N) is 1. The van der Waals surface area contributed by atoms with E-state index in [4.69, 9.17) is 10.7 Å². The fourth-order valence-corrected chi connectivity index (χ4v) is 5.02. The van der Waals surface area contributed by atoms with Crippen molar-refractivity contribution in [2.24, 2.45) is 11.7 Å². The number of aliphatic hydroxyl groups excluding tert-OH is 1. The maximum absolute atomic E-state index is 14.9. The Labute approximate surface area is 218 Å². The Kier molecular flexibility index (Phi) is 6.21. The summed E-state index contributed by atoms with van der Waals surface area (Å²) in [7, 11) is 0. The Morgan fingerprint density at radius 1 is 1.16 bits per heavy atom. The molecule has 0 saturated carbocycles. The van der Waals surface area contributed by atoms with Crippen LogP contribution < -0.4 is 15.7 Å². The Bertz CT molecular complexity index is 1520. The van der Waals surface area contributed by atoms with Crippen LogP contribution in [-0.4, -0.2) is 57.2 Å². The zero-order chi connectivity index (χ0) is 26.4. The quantitative estimate of drug-likeness (QED) is 0.452. The fraction of sp³-hybridized carbons (Fsp3) is 0.241. The summed E-state index contributed by atoms with van der Waals surface area (Å²) in [6.45, 7) is 3.26. The van der Waals surface area contributed by atoms with Crippen LogP contribution in [0.25, 0.3) is 11.3 Å². The molecule has 1 aromatic heterocycles. The lowest BCUT2D eigenvalue weighted by Crippen LogP contribution is -2.56. The van der Waals surface area contributed by atoms with Crippen LogP contribution >= 0.6 is 0 Å². The van der Waals surface area contributed by atoms with Crippen molar-refractivity contribution in [2.75, 3.05) is 18.4 Å². The number of alkyl halides is 1. The van der Waals surface area contributed by atoms with E-state index < -0.39 is 24.1 Å². The summed E-state index contributed by atoms with van der Waals surface area (Å²) < 4.78 is 34.2. The zero-order valence-corrected chi connectivity index (χ0v) is 20.7. The normalized spacial score (nSPS) is 21.5. The van der Waals surface area contributed by atoms with Gasteiger partial charge in [-0.3, -0.25) is 4.90 Å². The maximum Gasteiger partial charge on any atom is 0.324 e. The average Bonchev–Trinajstić information content (AvgIpc) is 3.03. The molecule has 6 rings (SSSR count). The van der Waals surface area contributed by atoms with Crippen molar-refractivity contribution in [2.45, 2.75) is 25.4 Å². The largest absolute Gasteiger partial charge is 0.374 e. The van der Waals surface area contributed by atoms with Crippen LogP contribution in [0.2, 0.25) is 0 Å². The molecule has 0 spiro atoms. The number of fused-ring (bicyclic) bond motifs is 3. The molecule has 2 aliphatic heterocycles. The molecule has 3 atom stereocenters. The van der Waals surface area contributed by atoms with Gasteiger partial charge in [0.25, 0.3) is 0 Å². The number of benzene rings is 2. The number of nitrogens with one attached hydrogen (secondary N) is 1. The smallest absolute Gasteiger partial charge is 0.324 e. The lowest BCUT2D eigenvalue weighted by Gasteiger charge is -2.40. The number of rotatable bonds is 5. The molecule has 0 bridgehead atoms. The van der Waals surface area contributed by atoms with Crippen molar-refractivity contribution in [1.82, 2.24) is 19.5 Å². The van der Waals surface area contributed by atoms with E-state index in [9.17, 15) is 13.9 Å². The van der Waals surface area contributed by atoms with E-state index in [0.717, 1.165) is 22.4 Å². The van der Waals surface area contributed by atoms with Gasteiger partial charge in [-0.25, -0.2) is 18.7 Å². The average molecular weight is 514 g/mol. The van der Waals surface area contributed by atoms with Gasteiger partial charge >= 0.3 is 11.9 Å². The van der Waals surface area contributed by atoms with Gasteiger partial charge in [0.2, 0.25) is 5.95 Å². The van der Waals surface area contributed by atoms with E-state index in [0.29, 0.717) is 41.6 Å². The molecule has 4 N–H and O–H groups in total. The number of hydrogen-bond acceptors (Lipinski definition) is 6. The van der Waals surface area contributed by atoms with E-state index in [1.165, 1.54) is 18.2 Å². The number of likely N-dealkylation sites (tertiary alicyclic amines) is 1. The minimum atomic E-state index is -1.52. The molecule has 1 aliphatic carbocycles. The van der Waals surface area contributed by atoms with E-state index in [2.05, 4.69) is 15.0 Å². The molecule has 3 aliphatic rings. The third-order valence-corrected chi connectivity index (χ3v) is 7.08. The molecule has 3 heterocycles. The monoisotopic (exact) mass is 513 g/mol. The number of aryl methyl sites for hydroxylation is 1. The molecule has 1 fully saturated rings. The highest BCUT2D eigenvalue weighted by Crippen LogP contribution is 2.34. The third-order valence-electron chi connectivity index (χ3n) is 7.08. The number of aliphatic hydroxyl groups is 1. The van der Waals surface area contributed by atoms with Gasteiger partial charge in [-0.05, 0) is 42.8 Å². The molecule has 192 valence electrons. The molecule has 3 aromatic rings. The molecule has 0 amide bonds. The highest BCUT2D eigenvalue weighted by atomic mass is 19.1. The lowest BCUT2D eigenvalue weighted by molar-refractivity contribution is -0.0465. The number of hydrogen-bond donors (Lipinski definition) is 3. The minimum Gasteiger partial charge on any atom is -0.374 e. The first-order valence-electron chi connectivity index (χ1n) is 12.5. The second-order valence-electron chi connectivity index (χ2n) is 9.88. The van der Waals surface area contributed by atoms with Gasteiger partial charge in [-0.15, -0.1) is 0 Å². The van der Waals surface area contributed by atoms with Crippen LogP contribution in [0.4, 0.5) is 20.4 Å². The fourth-order valence-electron chi connectivity index (χ4n) is 5.02. The molecule has 1 saturated heterocycles. The number of anilines is 2. The summed E-state index contributed by atoms with van der Waals surface area (Å²) in [5.74, 6) is -1.33. The first-order valence-corrected chi connectivity index (χ1v) is 12.5. The summed E-state index contributed by atoms with van der Waals surface area (Å²) in [6, 6.07) is 13.2. The molecule has 3 unspecified atom stereocenters. The van der Waals surface area contributed by atoms with Gasteiger partial charge in [0.05, 0.1) is 11.3 Å². The number of nitrogens with zero attached hydrogens (tertiary/aromatic N) is 4. The van der Waals surface area contributed by atoms with E-state index in [1.807, 2.05) is 54.3 Å². The molecular weight excluding hydrogens is 486 g/mol. The van der Waals surface area contributed by atoms with Gasteiger partial charge in [0.1, 0.15) is 29.7 Å². The lowest BCUT2D eigenvalue weighted by atomic mass is 9.85. The first-order chi connectivity index (χ1) is 18.4. The van der Waals surface area contributed by atoms with E-state index >= 15 is 0 Å². The second kappa shape index (κ2) is 9.70. The van der Waals surface area contributed by atoms with Crippen LogP contribution in [-0.2, 0) is 0 Å². The summed E-state index contributed by atoms with van der Waals surface area (Å²) in [5.41, 5.74) is 11.2. The Morgan fingerprint density at radius 3 is 2.68 bits per heavy atom. The van der Waals surface area contributed by atoms with E-state index in [-0.39, 0.29) is 6.04 Å². The standard InChI is InChI=1S/C29H26F2N6O/c1-16-5-10-21-22(11-16)27(25-23(30)3-2-4-24(25)31)33-12-18-13-34-29(36-26(18)21)35-20-8-6-17(7-9-20)28(38)37-14-19(32)15-37/h2-13,19,23,25,28,38H,14-15,32H2,1H3/p+1. The van der Waals surface area contributed by atoms with Crippen LogP contribution in [0.15, 0.2) is 72.7 Å². The predicted octanol–water partition coefficient (Wildman–Crippen LogP) is 3.50.